The second-order valence-corrected chi connectivity index (χ2v) is 9.55. The molecule has 0 spiro atoms. The number of benzene rings is 2. The Morgan fingerprint density at radius 3 is 2.12 bits per heavy atom. The summed E-state index contributed by atoms with van der Waals surface area (Å²) in [6, 6.07) is 17.6. The maximum Gasteiger partial charge on any atom is 0.188 e. The molecule has 6 nitrogen and oxygen atoms in total. The third kappa shape index (κ3) is 6.49. The van der Waals surface area contributed by atoms with Crippen LogP contribution in [0.3, 0.4) is 0 Å². The predicted molar refractivity (Wildman–Crippen MR) is 130 cm³/mol. The quantitative estimate of drug-likeness (QED) is 0.623. The van der Waals surface area contributed by atoms with Crippen molar-refractivity contribution in [3.05, 3.63) is 70.8 Å². The van der Waals surface area contributed by atoms with Crippen molar-refractivity contribution in [2.75, 3.05) is 46.0 Å². The van der Waals surface area contributed by atoms with E-state index in [4.69, 9.17) is 9.84 Å². The number of aliphatic hydroxyl groups excluding tert-OH is 1. The van der Waals surface area contributed by atoms with Gasteiger partial charge < -0.3 is 9.84 Å². The molecular weight excluding hydrogens is 414 g/mol. The van der Waals surface area contributed by atoms with E-state index in [2.05, 4.69) is 52.8 Å². The lowest BCUT2D eigenvalue weighted by molar-refractivity contribution is 0.0288. The van der Waals surface area contributed by atoms with Gasteiger partial charge in [-0.1, -0.05) is 48.5 Å². The molecule has 2 aromatic rings. The molecule has 2 aliphatic rings. The predicted octanol–water partition coefficient (Wildman–Crippen LogP) is 2.79. The molecular formula is C27H37N3O3. The van der Waals surface area contributed by atoms with Gasteiger partial charge in [-0.25, -0.2) is 0 Å². The minimum Gasteiger partial charge on any atom is -0.388 e. The van der Waals surface area contributed by atoms with Crippen LogP contribution in [-0.2, 0) is 24.4 Å². The van der Waals surface area contributed by atoms with Crippen LogP contribution in [0.1, 0.15) is 40.9 Å². The molecule has 0 unspecified atom stereocenters. The molecule has 33 heavy (non-hydrogen) atoms. The standard InChI is InChI=1S/C27H37N3O3/c1-21-15-29(17-23-6-8-26(9-7-23)27(32)20-31)16-22(2)30(21)19-25-5-3-4-24(14-25)18-28-10-12-33-13-11-28/h3-9,14,21-22,31H,10-13,15-20H2,1-2H3/t21-,22+. The van der Waals surface area contributed by atoms with Crippen molar-refractivity contribution in [3.63, 3.8) is 0 Å². The van der Waals surface area contributed by atoms with Crippen LogP contribution < -0.4 is 0 Å². The van der Waals surface area contributed by atoms with E-state index in [-0.39, 0.29) is 5.78 Å². The first-order chi connectivity index (χ1) is 16.0. The van der Waals surface area contributed by atoms with Gasteiger partial charge in [0, 0.05) is 63.5 Å². The van der Waals surface area contributed by atoms with Gasteiger partial charge in [-0.3, -0.25) is 19.5 Å². The molecule has 2 aliphatic heterocycles. The van der Waals surface area contributed by atoms with Gasteiger partial charge in [0.25, 0.3) is 0 Å². The molecule has 2 atom stereocenters. The Kier molecular flexibility index (Phi) is 8.28. The van der Waals surface area contributed by atoms with Crippen LogP contribution in [0.4, 0.5) is 0 Å². The van der Waals surface area contributed by atoms with E-state index in [0.717, 1.165) is 59.0 Å². The number of ether oxygens (including phenoxy) is 1. The molecule has 0 amide bonds. The highest BCUT2D eigenvalue weighted by molar-refractivity contribution is 5.96. The summed E-state index contributed by atoms with van der Waals surface area (Å²) in [5.41, 5.74) is 4.55. The minimum atomic E-state index is -0.438. The summed E-state index contributed by atoms with van der Waals surface area (Å²) in [5, 5.41) is 9.03. The van der Waals surface area contributed by atoms with E-state index in [1.807, 2.05) is 24.3 Å². The molecule has 2 aromatic carbocycles. The number of carbonyl (C=O) groups excluding carboxylic acids is 1. The van der Waals surface area contributed by atoms with Crippen LogP contribution >= 0.6 is 0 Å². The third-order valence-corrected chi connectivity index (χ3v) is 6.87. The zero-order chi connectivity index (χ0) is 23.2. The normalized spacial score (nSPS) is 23.0. The van der Waals surface area contributed by atoms with Crippen LogP contribution in [0.5, 0.6) is 0 Å². The highest BCUT2D eigenvalue weighted by atomic mass is 16.5. The lowest BCUT2D eigenvalue weighted by atomic mass is 10.0. The van der Waals surface area contributed by atoms with Crippen LogP contribution in [0.15, 0.2) is 48.5 Å². The largest absolute Gasteiger partial charge is 0.388 e. The maximum atomic E-state index is 11.6. The molecule has 2 heterocycles. The summed E-state index contributed by atoms with van der Waals surface area (Å²) in [6.45, 7) is 12.8. The monoisotopic (exact) mass is 451 g/mol. The number of rotatable bonds is 8. The molecule has 0 bridgehead atoms. The van der Waals surface area contributed by atoms with E-state index >= 15 is 0 Å². The third-order valence-electron chi connectivity index (χ3n) is 6.87. The highest BCUT2D eigenvalue weighted by Crippen LogP contribution is 2.22. The number of hydrogen-bond acceptors (Lipinski definition) is 6. The second-order valence-electron chi connectivity index (χ2n) is 9.55. The summed E-state index contributed by atoms with van der Waals surface area (Å²) >= 11 is 0. The van der Waals surface area contributed by atoms with Crippen molar-refractivity contribution in [3.8, 4) is 0 Å². The van der Waals surface area contributed by atoms with Crippen molar-refractivity contribution >= 4 is 5.78 Å². The summed E-state index contributed by atoms with van der Waals surface area (Å²) in [6.07, 6.45) is 0. The number of nitrogens with zero attached hydrogens (tertiary/aromatic N) is 3. The average Bonchev–Trinajstić information content (AvgIpc) is 2.82. The zero-order valence-corrected chi connectivity index (χ0v) is 19.9. The van der Waals surface area contributed by atoms with E-state index in [1.165, 1.54) is 16.7 Å². The Hall–Kier alpha value is -2.09. The van der Waals surface area contributed by atoms with Crippen molar-refractivity contribution in [2.24, 2.45) is 0 Å². The van der Waals surface area contributed by atoms with Gasteiger partial charge in [0.05, 0.1) is 13.2 Å². The van der Waals surface area contributed by atoms with Crippen molar-refractivity contribution < 1.29 is 14.6 Å². The topological polar surface area (TPSA) is 56.3 Å². The fourth-order valence-electron chi connectivity index (χ4n) is 5.11. The second kappa shape index (κ2) is 11.4. The summed E-state index contributed by atoms with van der Waals surface area (Å²) in [7, 11) is 0. The van der Waals surface area contributed by atoms with Crippen molar-refractivity contribution in [1.29, 1.82) is 0 Å². The first kappa shape index (κ1) is 24.0. The molecule has 1 N–H and O–H groups in total. The maximum absolute atomic E-state index is 11.6. The number of ketones is 1. The Balaban J connectivity index is 1.32. The van der Waals surface area contributed by atoms with Crippen LogP contribution in [0.25, 0.3) is 0 Å². The Labute approximate surface area is 197 Å². The van der Waals surface area contributed by atoms with Gasteiger partial charge in [-0.15, -0.1) is 0 Å². The molecule has 4 rings (SSSR count). The number of aliphatic hydroxyl groups is 1. The van der Waals surface area contributed by atoms with Crippen molar-refractivity contribution in [1.82, 2.24) is 14.7 Å². The molecule has 0 saturated carbocycles. The molecule has 0 aromatic heterocycles. The van der Waals surface area contributed by atoms with Gasteiger partial charge in [-0.05, 0) is 30.5 Å². The SMILES string of the molecule is C[C@@H]1CN(Cc2ccc(C(=O)CO)cc2)C[C@H](C)N1Cc1cccc(CN2CCOCC2)c1. The summed E-state index contributed by atoms with van der Waals surface area (Å²) in [4.78, 5) is 19.2. The van der Waals surface area contributed by atoms with Gasteiger partial charge >= 0.3 is 0 Å². The first-order valence-corrected chi connectivity index (χ1v) is 12.1. The fraction of sp³-hybridized carbons (Fsp3) is 0.519. The number of Topliss-reactive ketones (excluding diaryl/α,β-unsaturated/α-hetero) is 1. The number of piperazine rings is 1. The lowest BCUT2D eigenvalue weighted by Gasteiger charge is -2.44. The van der Waals surface area contributed by atoms with Crippen molar-refractivity contribution in [2.45, 2.75) is 45.6 Å². The van der Waals surface area contributed by atoms with Gasteiger partial charge in [-0.2, -0.15) is 0 Å². The average molecular weight is 452 g/mol. The van der Waals surface area contributed by atoms with Gasteiger partial charge in [0.15, 0.2) is 5.78 Å². The number of carbonyl (C=O) groups is 1. The molecule has 0 aliphatic carbocycles. The Morgan fingerprint density at radius 1 is 0.879 bits per heavy atom. The summed E-state index contributed by atoms with van der Waals surface area (Å²) < 4.78 is 5.48. The molecule has 2 saturated heterocycles. The van der Waals surface area contributed by atoms with Crippen LogP contribution in [-0.4, -0.2) is 83.7 Å². The molecule has 0 radical (unpaired) electrons. The van der Waals surface area contributed by atoms with E-state index in [9.17, 15) is 4.79 Å². The smallest absolute Gasteiger partial charge is 0.188 e. The number of morpholine rings is 1. The molecule has 178 valence electrons. The van der Waals surface area contributed by atoms with Crippen LogP contribution in [0.2, 0.25) is 0 Å². The van der Waals surface area contributed by atoms with Crippen LogP contribution in [0, 0.1) is 0 Å². The minimum absolute atomic E-state index is 0.230. The molecule has 2 fully saturated rings. The Morgan fingerprint density at radius 2 is 1.48 bits per heavy atom. The zero-order valence-electron chi connectivity index (χ0n) is 19.9. The van der Waals surface area contributed by atoms with E-state index in [1.54, 1.807) is 0 Å². The van der Waals surface area contributed by atoms with Gasteiger partial charge in [0.1, 0.15) is 6.61 Å². The van der Waals surface area contributed by atoms with E-state index < -0.39 is 6.61 Å². The first-order valence-electron chi connectivity index (χ1n) is 12.1. The highest BCUT2D eigenvalue weighted by Gasteiger charge is 2.29. The molecule has 6 heteroatoms. The van der Waals surface area contributed by atoms with Gasteiger partial charge in [0.2, 0.25) is 0 Å². The summed E-state index contributed by atoms with van der Waals surface area (Å²) in [5.74, 6) is -0.230. The fourth-order valence-corrected chi connectivity index (χ4v) is 5.11. The number of hydrogen-bond donors (Lipinski definition) is 1. The Bertz CT molecular complexity index is 899. The van der Waals surface area contributed by atoms with E-state index in [0.29, 0.717) is 17.6 Å². The lowest BCUT2D eigenvalue weighted by Crippen LogP contribution is -2.55.